The number of halogens is 1. The highest BCUT2D eigenvalue weighted by Gasteiger charge is 2.36. The second kappa shape index (κ2) is 16.4. The Morgan fingerprint density at radius 2 is 1.85 bits per heavy atom. The van der Waals surface area contributed by atoms with E-state index in [1.165, 1.54) is 7.05 Å². The van der Waals surface area contributed by atoms with Crippen molar-refractivity contribution in [2.24, 2.45) is 5.92 Å². The van der Waals surface area contributed by atoms with Crippen LogP contribution in [0.3, 0.4) is 0 Å². The maximum atomic E-state index is 13.2. The largest absolute Gasteiger partial charge is 0.367 e. The Hall–Kier alpha value is -2.20. The number of aryl methyl sites for hydroxylation is 1. The molecule has 0 radical (unpaired) electrons. The van der Waals surface area contributed by atoms with Gasteiger partial charge in [0.15, 0.2) is 0 Å². The van der Waals surface area contributed by atoms with E-state index in [9.17, 15) is 19.6 Å². The molecule has 3 amide bonds. The predicted molar refractivity (Wildman–Crippen MR) is 127 cm³/mol. The van der Waals surface area contributed by atoms with Crippen molar-refractivity contribution in [2.45, 2.75) is 57.1 Å². The summed E-state index contributed by atoms with van der Waals surface area (Å²) in [7, 11) is 1.53. The monoisotopic (exact) mass is 484 g/mol. The molecule has 1 saturated heterocycles. The standard InChI is InChI=1S/C23H36N4O5.ClH/c1-24-22(29)19-13-8-15-25-14-5-6-16-32-20(23(30)27-31)18(21(28)26-19)12-7-11-17-9-3-2-4-10-17;/h2-4,9-10,18-20,25,31H,5-8,11-16H2,1H3,(H,24,29)(H,26,28)(H,27,30);1H/t18-,19+,20+;/m1./s1. The topological polar surface area (TPSA) is 129 Å². The minimum atomic E-state index is -1.14. The molecular formula is C23H37ClN4O5. The molecule has 1 heterocycles. The van der Waals surface area contributed by atoms with Crippen molar-refractivity contribution in [1.82, 2.24) is 21.4 Å². The molecule has 186 valence electrons. The lowest BCUT2D eigenvalue weighted by Crippen LogP contribution is -2.52. The van der Waals surface area contributed by atoms with Crippen molar-refractivity contribution < 1.29 is 24.3 Å². The third-order valence-corrected chi connectivity index (χ3v) is 5.67. The lowest BCUT2D eigenvalue weighted by Gasteiger charge is -2.27. The molecule has 5 N–H and O–H groups in total. The summed E-state index contributed by atoms with van der Waals surface area (Å²) in [6.45, 7) is 1.85. The van der Waals surface area contributed by atoms with Gasteiger partial charge in [0, 0.05) is 13.7 Å². The van der Waals surface area contributed by atoms with Gasteiger partial charge in [0.1, 0.15) is 12.1 Å². The first kappa shape index (κ1) is 28.8. The van der Waals surface area contributed by atoms with E-state index >= 15 is 0 Å². The van der Waals surface area contributed by atoms with Crippen LogP contribution in [0, 0.1) is 5.92 Å². The number of hydrogen-bond acceptors (Lipinski definition) is 6. The van der Waals surface area contributed by atoms with Crippen LogP contribution in [-0.2, 0) is 25.5 Å². The van der Waals surface area contributed by atoms with Crippen molar-refractivity contribution in [3.63, 3.8) is 0 Å². The van der Waals surface area contributed by atoms with Gasteiger partial charge in [-0.25, -0.2) is 5.48 Å². The number of likely N-dealkylation sites (N-methyl/N-ethyl adjacent to an activating group) is 1. The molecule has 3 atom stereocenters. The molecule has 10 heteroatoms. The van der Waals surface area contributed by atoms with Crippen LogP contribution < -0.4 is 21.4 Å². The van der Waals surface area contributed by atoms with E-state index in [0.717, 1.165) is 44.3 Å². The van der Waals surface area contributed by atoms with Gasteiger partial charge in [-0.1, -0.05) is 30.3 Å². The van der Waals surface area contributed by atoms with E-state index in [1.54, 1.807) is 5.48 Å². The van der Waals surface area contributed by atoms with Crippen LogP contribution in [0.4, 0.5) is 0 Å². The van der Waals surface area contributed by atoms with Crippen LogP contribution in [0.5, 0.6) is 0 Å². The molecule has 1 aliphatic heterocycles. The number of carbonyl (C=O) groups excluding carboxylic acids is 3. The SMILES string of the molecule is CNC(=O)[C@@H]1CCCNCCCCO[C@H](C(=O)NO)[C@@H](CCCc2ccccc2)C(=O)N1.Cl. The fourth-order valence-corrected chi connectivity index (χ4v) is 3.87. The third-order valence-electron chi connectivity index (χ3n) is 5.67. The van der Waals surface area contributed by atoms with Gasteiger partial charge in [0.25, 0.3) is 5.91 Å². The predicted octanol–water partition coefficient (Wildman–Crippen LogP) is 1.33. The number of rotatable bonds is 6. The van der Waals surface area contributed by atoms with E-state index in [4.69, 9.17) is 4.74 Å². The quantitative estimate of drug-likeness (QED) is 0.306. The van der Waals surface area contributed by atoms with E-state index in [1.807, 2.05) is 30.3 Å². The van der Waals surface area contributed by atoms with E-state index < -0.39 is 29.9 Å². The average molecular weight is 485 g/mol. The highest BCUT2D eigenvalue weighted by atomic mass is 35.5. The molecule has 1 aliphatic rings. The van der Waals surface area contributed by atoms with Crippen molar-refractivity contribution in [3.05, 3.63) is 35.9 Å². The first-order valence-electron chi connectivity index (χ1n) is 11.4. The highest BCUT2D eigenvalue weighted by Crippen LogP contribution is 2.19. The molecule has 0 aliphatic carbocycles. The Balaban J connectivity index is 0.00000544. The zero-order valence-corrected chi connectivity index (χ0v) is 20.0. The number of carbonyl (C=O) groups is 3. The van der Waals surface area contributed by atoms with Gasteiger partial charge < -0.3 is 20.7 Å². The Kier molecular flexibility index (Phi) is 14.3. The molecule has 2 rings (SSSR count). The summed E-state index contributed by atoms with van der Waals surface area (Å²) in [6, 6.07) is 9.18. The number of nitrogens with one attached hydrogen (secondary N) is 4. The highest BCUT2D eigenvalue weighted by molar-refractivity contribution is 5.92. The average Bonchev–Trinajstić information content (AvgIpc) is 2.82. The Bertz CT molecular complexity index is 722. The van der Waals surface area contributed by atoms with E-state index in [0.29, 0.717) is 25.9 Å². The fraction of sp³-hybridized carbons (Fsp3) is 0.609. The fourth-order valence-electron chi connectivity index (χ4n) is 3.87. The van der Waals surface area contributed by atoms with Crippen molar-refractivity contribution in [1.29, 1.82) is 0 Å². The van der Waals surface area contributed by atoms with Crippen LogP contribution in [-0.4, -0.2) is 61.8 Å². The van der Waals surface area contributed by atoms with Gasteiger partial charge in [-0.3, -0.25) is 19.6 Å². The minimum absolute atomic E-state index is 0. The summed E-state index contributed by atoms with van der Waals surface area (Å²) in [5, 5.41) is 18.0. The number of hydrogen-bond donors (Lipinski definition) is 5. The molecule has 1 aromatic rings. The summed E-state index contributed by atoms with van der Waals surface area (Å²) in [6.07, 6.45) is 3.41. The maximum absolute atomic E-state index is 13.2. The molecular weight excluding hydrogens is 448 g/mol. The van der Waals surface area contributed by atoms with Crippen molar-refractivity contribution in [3.8, 4) is 0 Å². The zero-order chi connectivity index (χ0) is 23.2. The molecule has 1 aromatic carbocycles. The van der Waals surface area contributed by atoms with Crippen molar-refractivity contribution >= 4 is 30.1 Å². The zero-order valence-electron chi connectivity index (χ0n) is 19.2. The van der Waals surface area contributed by atoms with Crippen LogP contribution in [0.25, 0.3) is 0 Å². The second-order valence-electron chi connectivity index (χ2n) is 8.03. The first-order chi connectivity index (χ1) is 15.6. The summed E-state index contributed by atoms with van der Waals surface area (Å²) in [5.41, 5.74) is 2.77. The molecule has 0 saturated carbocycles. The Morgan fingerprint density at radius 3 is 2.55 bits per heavy atom. The van der Waals surface area contributed by atoms with E-state index in [2.05, 4.69) is 16.0 Å². The Morgan fingerprint density at radius 1 is 1.12 bits per heavy atom. The van der Waals surface area contributed by atoms with Gasteiger partial charge in [-0.2, -0.15) is 0 Å². The minimum Gasteiger partial charge on any atom is -0.367 e. The van der Waals surface area contributed by atoms with Gasteiger partial charge >= 0.3 is 0 Å². The summed E-state index contributed by atoms with van der Waals surface area (Å²) >= 11 is 0. The molecule has 1 fully saturated rings. The number of hydroxylamine groups is 1. The summed E-state index contributed by atoms with van der Waals surface area (Å²) in [5.74, 6) is -2.30. The molecule has 0 spiro atoms. The van der Waals surface area contributed by atoms with Gasteiger partial charge in [0.2, 0.25) is 11.8 Å². The molecule has 33 heavy (non-hydrogen) atoms. The summed E-state index contributed by atoms with van der Waals surface area (Å²) in [4.78, 5) is 38.0. The summed E-state index contributed by atoms with van der Waals surface area (Å²) < 4.78 is 5.79. The van der Waals surface area contributed by atoms with Gasteiger partial charge in [-0.05, 0) is 63.6 Å². The molecule has 0 unspecified atom stereocenters. The second-order valence-corrected chi connectivity index (χ2v) is 8.03. The van der Waals surface area contributed by atoms with Crippen LogP contribution in [0.1, 0.15) is 44.1 Å². The number of benzene rings is 1. The van der Waals surface area contributed by atoms with Crippen LogP contribution >= 0.6 is 12.4 Å². The molecule has 0 aromatic heterocycles. The van der Waals surface area contributed by atoms with Crippen LogP contribution in [0.2, 0.25) is 0 Å². The first-order valence-corrected chi connectivity index (χ1v) is 11.4. The molecule has 0 bridgehead atoms. The van der Waals surface area contributed by atoms with Gasteiger partial charge in [0.05, 0.1) is 5.92 Å². The lowest BCUT2D eigenvalue weighted by molar-refractivity contribution is -0.151. The number of ether oxygens (including phenoxy) is 1. The third kappa shape index (κ3) is 10.1. The Labute approximate surface area is 201 Å². The normalized spacial score (nSPS) is 22.7. The smallest absolute Gasteiger partial charge is 0.273 e. The van der Waals surface area contributed by atoms with Crippen molar-refractivity contribution in [2.75, 3.05) is 26.7 Å². The van der Waals surface area contributed by atoms with Crippen LogP contribution in [0.15, 0.2) is 30.3 Å². The number of amides is 3. The van der Waals surface area contributed by atoms with Gasteiger partial charge in [-0.15, -0.1) is 12.4 Å². The maximum Gasteiger partial charge on any atom is 0.273 e. The lowest BCUT2D eigenvalue weighted by atomic mass is 9.92. The van der Waals surface area contributed by atoms with E-state index in [-0.39, 0.29) is 18.3 Å². The molecule has 9 nitrogen and oxygen atoms in total.